The van der Waals surface area contributed by atoms with Gasteiger partial charge in [0, 0.05) is 6.54 Å². The van der Waals surface area contributed by atoms with Crippen molar-refractivity contribution in [1.82, 2.24) is 4.98 Å². The Morgan fingerprint density at radius 3 is 2.62 bits per heavy atom. The van der Waals surface area contributed by atoms with Gasteiger partial charge in [-0.25, -0.2) is 13.8 Å². The Morgan fingerprint density at radius 1 is 1.54 bits per heavy atom. The molecule has 0 bridgehead atoms. The molecule has 0 spiro atoms. The van der Waals surface area contributed by atoms with Gasteiger partial charge in [-0.1, -0.05) is 0 Å². The van der Waals surface area contributed by atoms with E-state index in [1.165, 1.54) is 6.07 Å². The summed E-state index contributed by atoms with van der Waals surface area (Å²) >= 11 is 3.11. The number of hydrogen-bond acceptors (Lipinski definition) is 3. The van der Waals surface area contributed by atoms with Crippen molar-refractivity contribution in [3.63, 3.8) is 0 Å². The van der Waals surface area contributed by atoms with Crippen LogP contribution in [0, 0.1) is 0 Å². The molecule has 0 aliphatic heterocycles. The van der Waals surface area contributed by atoms with Crippen molar-refractivity contribution >= 4 is 21.7 Å². The second-order valence-corrected chi connectivity index (χ2v) is 3.20. The maximum absolute atomic E-state index is 12.2. The second kappa shape index (κ2) is 3.97. The molecule has 0 amide bonds. The molecule has 6 heteroatoms. The third kappa shape index (κ3) is 2.13. The molecule has 0 saturated heterocycles. The fourth-order valence-electron chi connectivity index (χ4n) is 0.887. The number of nitrogens with two attached hydrogens (primary N) is 2. The fraction of sp³-hybridized carbons (Fsp3) is 0.286. The summed E-state index contributed by atoms with van der Waals surface area (Å²) in [4.78, 5) is 3.51. The van der Waals surface area contributed by atoms with Gasteiger partial charge in [-0.15, -0.1) is 0 Å². The molecule has 13 heavy (non-hydrogen) atoms. The van der Waals surface area contributed by atoms with E-state index in [-0.39, 0.29) is 18.1 Å². The first-order valence-electron chi connectivity index (χ1n) is 3.49. The van der Waals surface area contributed by atoms with E-state index in [4.69, 9.17) is 11.5 Å². The van der Waals surface area contributed by atoms with E-state index < -0.39 is 6.43 Å². The molecule has 1 heterocycles. The highest BCUT2D eigenvalue weighted by Crippen LogP contribution is 2.26. The minimum absolute atomic E-state index is 0.0400. The van der Waals surface area contributed by atoms with Crippen LogP contribution in [0.5, 0.6) is 0 Å². The zero-order chi connectivity index (χ0) is 10.0. The first-order valence-corrected chi connectivity index (χ1v) is 4.28. The number of hydrogen-bond donors (Lipinski definition) is 2. The average molecular weight is 252 g/mol. The van der Waals surface area contributed by atoms with E-state index >= 15 is 0 Å². The number of halogens is 3. The third-order valence-corrected chi connectivity index (χ3v) is 2.44. The maximum atomic E-state index is 12.2. The number of pyridine rings is 1. The van der Waals surface area contributed by atoms with Crippen molar-refractivity contribution in [1.29, 1.82) is 0 Å². The molecule has 1 aromatic heterocycles. The molecule has 0 saturated carbocycles. The van der Waals surface area contributed by atoms with Gasteiger partial charge in [-0.05, 0) is 27.6 Å². The zero-order valence-electron chi connectivity index (χ0n) is 6.60. The average Bonchev–Trinajstić information content (AvgIpc) is 2.09. The minimum Gasteiger partial charge on any atom is -0.383 e. The van der Waals surface area contributed by atoms with Crippen molar-refractivity contribution in [3.8, 4) is 0 Å². The predicted molar refractivity (Wildman–Crippen MR) is 49.2 cm³/mol. The summed E-state index contributed by atoms with van der Waals surface area (Å²) in [7, 11) is 0. The van der Waals surface area contributed by atoms with E-state index in [0.717, 1.165) is 0 Å². The van der Waals surface area contributed by atoms with Crippen LogP contribution in [-0.2, 0) is 6.54 Å². The SMILES string of the molecule is NCc1cc(C(F)F)nc(N)c1Br. The largest absolute Gasteiger partial charge is 0.383 e. The molecule has 3 nitrogen and oxygen atoms in total. The molecule has 0 aliphatic carbocycles. The monoisotopic (exact) mass is 251 g/mol. The van der Waals surface area contributed by atoms with Crippen LogP contribution in [0.15, 0.2) is 10.5 Å². The predicted octanol–water partition coefficient (Wildman–Crippen LogP) is 1.82. The van der Waals surface area contributed by atoms with Gasteiger partial charge < -0.3 is 11.5 Å². The van der Waals surface area contributed by atoms with Crippen LogP contribution in [0.3, 0.4) is 0 Å². The summed E-state index contributed by atoms with van der Waals surface area (Å²) in [6, 6.07) is 1.24. The van der Waals surface area contributed by atoms with E-state index in [2.05, 4.69) is 20.9 Å². The lowest BCUT2D eigenvalue weighted by molar-refractivity contribution is 0.146. The molecule has 0 unspecified atom stereocenters. The van der Waals surface area contributed by atoms with Gasteiger partial charge in [0.05, 0.1) is 4.47 Å². The Kier molecular flexibility index (Phi) is 3.16. The number of aromatic nitrogens is 1. The minimum atomic E-state index is -2.62. The maximum Gasteiger partial charge on any atom is 0.280 e. The van der Waals surface area contributed by atoms with Crippen molar-refractivity contribution in [3.05, 3.63) is 21.8 Å². The second-order valence-electron chi connectivity index (χ2n) is 2.41. The highest BCUT2D eigenvalue weighted by molar-refractivity contribution is 9.10. The normalized spacial score (nSPS) is 10.8. The molecule has 0 radical (unpaired) electrons. The van der Waals surface area contributed by atoms with Gasteiger partial charge in [-0.2, -0.15) is 0 Å². The first kappa shape index (κ1) is 10.3. The van der Waals surface area contributed by atoms with Gasteiger partial charge >= 0.3 is 0 Å². The molecule has 1 rings (SSSR count). The van der Waals surface area contributed by atoms with Crippen LogP contribution in [0.25, 0.3) is 0 Å². The number of nitrogens with zero attached hydrogens (tertiary/aromatic N) is 1. The molecule has 0 fully saturated rings. The van der Waals surface area contributed by atoms with Crippen LogP contribution in [-0.4, -0.2) is 4.98 Å². The Labute approximate surface area is 82.3 Å². The Hall–Kier alpha value is -0.750. The number of nitrogen functional groups attached to an aromatic ring is 1. The van der Waals surface area contributed by atoms with Crippen LogP contribution in [0.1, 0.15) is 17.7 Å². The van der Waals surface area contributed by atoms with Crippen LogP contribution < -0.4 is 11.5 Å². The third-order valence-electron chi connectivity index (χ3n) is 1.52. The first-order chi connectivity index (χ1) is 6.06. The lowest BCUT2D eigenvalue weighted by atomic mass is 10.2. The lowest BCUT2D eigenvalue weighted by Gasteiger charge is -2.07. The molecule has 0 aliphatic rings. The van der Waals surface area contributed by atoms with Crippen molar-refractivity contribution in [2.75, 3.05) is 5.73 Å². The summed E-state index contributed by atoms with van der Waals surface area (Å²) < 4.78 is 24.9. The van der Waals surface area contributed by atoms with Crippen molar-refractivity contribution in [2.45, 2.75) is 13.0 Å². The Balaban J connectivity index is 3.22. The summed E-state index contributed by atoms with van der Waals surface area (Å²) in [5.74, 6) is 0.0400. The van der Waals surface area contributed by atoms with E-state index in [0.29, 0.717) is 10.0 Å². The van der Waals surface area contributed by atoms with Crippen molar-refractivity contribution in [2.24, 2.45) is 5.73 Å². The quantitative estimate of drug-likeness (QED) is 0.843. The molecule has 0 atom stereocenters. The molecular formula is C7H8BrF2N3. The number of rotatable bonds is 2. The molecule has 72 valence electrons. The summed E-state index contributed by atoms with van der Waals surface area (Å²) in [6.45, 7) is 0.146. The summed E-state index contributed by atoms with van der Waals surface area (Å²) in [5.41, 5.74) is 10.9. The van der Waals surface area contributed by atoms with Gasteiger partial charge in [0.2, 0.25) is 0 Å². The Morgan fingerprint density at radius 2 is 2.15 bits per heavy atom. The molecule has 4 N–H and O–H groups in total. The highest BCUT2D eigenvalue weighted by atomic mass is 79.9. The van der Waals surface area contributed by atoms with Gasteiger partial charge in [0.1, 0.15) is 11.5 Å². The van der Waals surface area contributed by atoms with E-state index in [1.54, 1.807) is 0 Å². The highest BCUT2D eigenvalue weighted by Gasteiger charge is 2.13. The lowest BCUT2D eigenvalue weighted by Crippen LogP contribution is -2.05. The van der Waals surface area contributed by atoms with Gasteiger partial charge in [0.15, 0.2) is 0 Å². The fourth-order valence-corrected chi connectivity index (χ4v) is 1.25. The van der Waals surface area contributed by atoms with Crippen LogP contribution >= 0.6 is 15.9 Å². The topological polar surface area (TPSA) is 64.9 Å². The van der Waals surface area contributed by atoms with E-state index in [9.17, 15) is 8.78 Å². The number of alkyl halides is 2. The smallest absolute Gasteiger partial charge is 0.280 e. The molecule has 1 aromatic rings. The number of anilines is 1. The summed E-state index contributed by atoms with van der Waals surface area (Å²) in [6.07, 6.45) is -2.62. The van der Waals surface area contributed by atoms with Crippen LogP contribution in [0.4, 0.5) is 14.6 Å². The zero-order valence-corrected chi connectivity index (χ0v) is 8.18. The Bertz CT molecular complexity index is 317. The standard InChI is InChI=1S/C7H8BrF2N3/c8-5-3(2-11)1-4(6(9)10)13-7(5)12/h1,6H,2,11H2,(H2,12,13). The van der Waals surface area contributed by atoms with Gasteiger partial charge in [0.25, 0.3) is 6.43 Å². The summed E-state index contributed by atoms with van der Waals surface area (Å²) in [5, 5.41) is 0. The molecule has 0 aromatic carbocycles. The van der Waals surface area contributed by atoms with Gasteiger partial charge in [-0.3, -0.25) is 0 Å². The van der Waals surface area contributed by atoms with Crippen molar-refractivity contribution < 1.29 is 8.78 Å². The molecular weight excluding hydrogens is 244 g/mol. The van der Waals surface area contributed by atoms with Crippen LogP contribution in [0.2, 0.25) is 0 Å². The van der Waals surface area contributed by atoms with E-state index in [1.807, 2.05) is 0 Å².